The number of hydrogen-bond acceptors (Lipinski definition) is 2. The van der Waals surface area contributed by atoms with Gasteiger partial charge in [0.15, 0.2) is 0 Å². The normalized spacial score (nSPS) is 11.1. The number of aliphatic carboxylic acids is 1. The molecule has 0 saturated carbocycles. The van der Waals surface area contributed by atoms with Crippen molar-refractivity contribution in [1.82, 2.24) is 0 Å². The van der Waals surface area contributed by atoms with E-state index < -0.39 is 11.5 Å². The van der Waals surface area contributed by atoms with E-state index in [9.17, 15) is 4.79 Å². The second kappa shape index (κ2) is 4.16. The van der Waals surface area contributed by atoms with Crippen molar-refractivity contribution in [3.05, 3.63) is 27.8 Å². The van der Waals surface area contributed by atoms with E-state index in [1.165, 1.54) is 0 Å². The van der Waals surface area contributed by atoms with Crippen molar-refractivity contribution >= 4 is 34.2 Å². The summed E-state index contributed by atoms with van der Waals surface area (Å²) in [6, 6.07) is 7.61. The number of carboxylic acids is 1. The number of anilines is 1. The van der Waals surface area contributed by atoms with Crippen LogP contribution in [0.15, 0.2) is 24.3 Å². The number of nitrogens with one attached hydrogen (secondary N) is 1. The Bertz CT molecular complexity index is 350. The number of carboxylic acid groups (broad SMARTS) is 1. The van der Waals surface area contributed by atoms with Crippen LogP contribution in [0.25, 0.3) is 0 Å². The Morgan fingerprint density at radius 1 is 1.50 bits per heavy atom. The zero-order chi connectivity index (χ0) is 10.8. The first kappa shape index (κ1) is 11.3. The lowest BCUT2D eigenvalue weighted by Gasteiger charge is -2.22. The highest BCUT2D eigenvalue weighted by molar-refractivity contribution is 14.1. The Balaban J connectivity index is 2.83. The molecule has 0 aliphatic rings. The standard InChI is InChI=1S/C10H12INO2/c1-10(2,9(13)14)12-8-5-3-4-7(11)6-8/h3-6,12H,1-2H3,(H,13,14). The summed E-state index contributed by atoms with van der Waals surface area (Å²) in [7, 11) is 0. The van der Waals surface area contributed by atoms with Gasteiger partial charge < -0.3 is 10.4 Å². The summed E-state index contributed by atoms with van der Waals surface area (Å²) in [5.74, 6) is -0.864. The Kier molecular flexibility index (Phi) is 3.36. The van der Waals surface area contributed by atoms with Crippen molar-refractivity contribution in [2.75, 3.05) is 5.32 Å². The fourth-order valence-corrected chi connectivity index (χ4v) is 1.52. The van der Waals surface area contributed by atoms with Crippen LogP contribution in [0, 0.1) is 3.57 Å². The summed E-state index contributed by atoms with van der Waals surface area (Å²) in [5.41, 5.74) is -0.117. The molecule has 1 rings (SSSR count). The molecule has 0 saturated heterocycles. The highest BCUT2D eigenvalue weighted by Gasteiger charge is 2.26. The molecule has 1 aromatic rings. The van der Waals surface area contributed by atoms with E-state index in [0.29, 0.717) is 0 Å². The van der Waals surface area contributed by atoms with E-state index in [0.717, 1.165) is 9.26 Å². The predicted molar refractivity (Wildman–Crippen MR) is 64.5 cm³/mol. The van der Waals surface area contributed by atoms with Crippen molar-refractivity contribution in [2.24, 2.45) is 0 Å². The lowest BCUT2D eigenvalue weighted by atomic mass is 10.1. The number of rotatable bonds is 3. The van der Waals surface area contributed by atoms with Gasteiger partial charge in [-0.2, -0.15) is 0 Å². The topological polar surface area (TPSA) is 49.3 Å². The van der Waals surface area contributed by atoms with Crippen molar-refractivity contribution in [2.45, 2.75) is 19.4 Å². The van der Waals surface area contributed by atoms with Gasteiger partial charge in [-0.05, 0) is 54.6 Å². The van der Waals surface area contributed by atoms with E-state index in [2.05, 4.69) is 27.9 Å². The highest BCUT2D eigenvalue weighted by atomic mass is 127. The third kappa shape index (κ3) is 2.87. The molecule has 0 aliphatic heterocycles. The number of halogens is 1. The minimum atomic E-state index is -0.940. The minimum Gasteiger partial charge on any atom is -0.480 e. The molecular formula is C10H12INO2. The van der Waals surface area contributed by atoms with Gasteiger partial charge in [-0.1, -0.05) is 6.07 Å². The molecule has 0 radical (unpaired) electrons. The van der Waals surface area contributed by atoms with Gasteiger partial charge in [0.1, 0.15) is 5.54 Å². The molecule has 0 fully saturated rings. The molecule has 0 atom stereocenters. The van der Waals surface area contributed by atoms with Crippen LogP contribution in [0.4, 0.5) is 5.69 Å². The minimum absolute atomic E-state index is 0.823. The van der Waals surface area contributed by atoms with Crippen LogP contribution in [0.2, 0.25) is 0 Å². The maximum absolute atomic E-state index is 10.8. The van der Waals surface area contributed by atoms with Gasteiger partial charge in [-0.3, -0.25) is 0 Å². The quantitative estimate of drug-likeness (QED) is 0.844. The molecule has 0 bridgehead atoms. The van der Waals surface area contributed by atoms with E-state index in [1.54, 1.807) is 13.8 Å². The van der Waals surface area contributed by atoms with Crippen LogP contribution in [-0.2, 0) is 4.79 Å². The Hall–Kier alpha value is -0.780. The first-order valence-corrected chi connectivity index (χ1v) is 5.27. The third-order valence-corrected chi connectivity index (χ3v) is 2.49. The van der Waals surface area contributed by atoms with Crippen LogP contribution < -0.4 is 5.32 Å². The van der Waals surface area contributed by atoms with Gasteiger partial charge in [0.25, 0.3) is 0 Å². The summed E-state index contributed by atoms with van der Waals surface area (Å²) in [6.07, 6.45) is 0. The molecular weight excluding hydrogens is 293 g/mol. The summed E-state index contributed by atoms with van der Waals surface area (Å²) in [6.45, 7) is 3.27. The molecule has 0 amide bonds. The van der Waals surface area contributed by atoms with Gasteiger partial charge in [-0.25, -0.2) is 4.79 Å². The van der Waals surface area contributed by atoms with Gasteiger partial charge in [-0.15, -0.1) is 0 Å². The van der Waals surface area contributed by atoms with Crippen molar-refractivity contribution < 1.29 is 9.90 Å². The predicted octanol–water partition coefficient (Wildman–Crippen LogP) is 2.57. The maximum atomic E-state index is 10.8. The number of hydrogen-bond donors (Lipinski definition) is 2. The number of carbonyl (C=O) groups is 1. The van der Waals surface area contributed by atoms with Crippen LogP contribution >= 0.6 is 22.6 Å². The summed E-state index contributed by atoms with van der Waals surface area (Å²) in [5, 5.41) is 11.9. The first-order chi connectivity index (χ1) is 6.42. The fraction of sp³-hybridized carbons (Fsp3) is 0.300. The zero-order valence-corrected chi connectivity index (χ0v) is 10.2. The molecule has 0 heterocycles. The smallest absolute Gasteiger partial charge is 0.328 e. The van der Waals surface area contributed by atoms with E-state index >= 15 is 0 Å². The van der Waals surface area contributed by atoms with Crippen LogP contribution in [-0.4, -0.2) is 16.6 Å². The number of benzene rings is 1. The van der Waals surface area contributed by atoms with Gasteiger partial charge in [0.2, 0.25) is 0 Å². The average molecular weight is 305 g/mol. The van der Waals surface area contributed by atoms with Crippen LogP contribution in [0.1, 0.15) is 13.8 Å². The van der Waals surface area contributed by atoms with Crippen LogP contribution in [0.3, 0.4) is 0 Å². The second-order valence-electron chi connectivity index (χ2n) is 3.57. The van der Waals surface area contributed by atoms with Gasteiger partial charge >= 0.3 is 5.97 Å². The molecule has 76 valence electrons. The summed E-state index contributed by atoms with van der Waals surface area (Å²) < 4.78 is 1.08. The molecule has 4 heteroatoms. The molecule has 2 N–H and O–H groups in total. The monoisotopic (exact) mass is 305 g/mol. The molecule has 14 heavy (non-hydrogen) atoms. The summed E-state index contributed by atoms with van der Waals surface area (Å²) >= 11 is 2.19. The van der Waals surface area contributed by atoms with E-state index in [4.69, 9.17) is 5.11 Å². The Morgan fingerprint density at radius 2 is 2.14 bits per heavy atom. The molecule has 3 nitrogen and oxygen atoms in total. The zero-order valence-electron chi connectivity index (χ0n) is 8.04. The molecule has 0 aromatic heterocycles. The lowest BCUT2D eigenvalue weighted by Crippen LogP contribution is -2.39. The summed E-state index contributed by atoms with van der Waals surface area (Å²) in [4.78, 5) is 10.8. The fourth-order valence-electron chi connectivity index (χ4n) is 0.981. The van der Waals surface area contributed by atoms with Crippen molar-refractivity contribution in [3.63, 3.8) is 0 Å². The van der Waals surface area contributed by atoms with Crippen molar-refractivity contribution in [3.8, 4) is 0 Å². The molecule has 0 unspecified atom stereocenters. The third-order valence-electron chi connectivity index (χ3n) is 1.82. The van der Waals surface area contributed by atoms with Crippen LogP contribution in [0.5, 0.6) is 0 Å². The Morgan fingerprint density at radius 3 is 2.64 bits per heavy atom. The highest BCUT2D eigenvalue weighted by Crippen LogP contribution is 2.17. The second-order valence-corrected chi connectivity index (χ2v) is 4.81. The lowest BCUT2D eigenvalue weighted by molar-refractivity contribution is -0.141. The Labute approximate surface area is 96.7 Å². The average Bonchev–Trinajstić information content (AvgIpc) is 2.02. The maximum Gasteiger partial charge on any atom is 0.328 e. The van der Waals surface area contributed by atoms with Crippen molar-refractivity contribution in [1.29, 1.82) is 0 Å². The SMILES string of the molecule is CC(C)(Nc1cccc(I)c1)C(=O)O. The van der Waals surface area contributed by atoms with Gasteiger partial charge in [0, 0.05) is 9.26 Å². The molecule has 1 aromatic carbocycles. The van der Waals surface area contributed by atoms with E-state index in [-0.39, 0.29) is 0 Å². The molecule has 0 aliphatic carbocycles. The first-order valence-electron chi connectivity index (χ1n) is 4.19. The van der Waals surface area contributed by atoms with Gasteiger partial charge in [0.05, 0.1) is 0 Å². The van der Waals surface area contributed by atoms with E-state index in [1.807, 2.05) is 24.3 Å². The largest absolute Gasteiger partial charge is 0.480 e. The molecule has 0 spiro atoms.